The number of sulfonamides is 1. The van der Waals surface area contributed by atoms with Gasteiger partial charge in [-0.3, -0.25) is 4.68 Å². The molecule has 1 unspecified atom stereocenters. The first-order valence-corrected chi connectivity index (χ1v) is 7.72. The zero-order valence-electron chi connectivity index (χ0n) is 11.2. The largest absolute Gasteiger partial charge is 0.316 e. The van der Waals surface area contributed by atoms with Crippen LogP contribution in [0.3, 0.4) is 0 Å². The Kier molecular flexibility index (Phi) is 5.79. The van der Waals surface area contributed by atoms with Crippen LogP contribution in [0.5, 0.6) is 0 Å². The predicted octanol–water partition coefficient (Wildman–Crippen LogP) is 0.697. The Morgan fingerprint density at radius 3 is 2.89 bits per heavy atom. The van der Waals surface area contributed by atoms with Crippen molar-refractivity contribution in [3.8, 4) is 0 Å². The fourth-order valence-electron chi connectivity index (χ4n) is 2.31. The average Bonchev–Trinajstić information content (AvgIpc) is 2.88. The standard InChI is InChI=1S/C11H20N4O2S.ClH/c1-3-15-11(6-7-13-15)18(16,17)14-8-4-5-10(9-14)12-2;/h6-7,10,12H,3-5,8-9H2,1-2H3;1H. The second kappa shape index (κ2) is 6.69. The van der Waals surface area contributed by atoms with Crippen LogP contribution >= 0.6 is 12.4 Å². The molecule has 0 bridgehead atoms. The van der Waals surface area contributed by atoms with Gasteiger partial charge < -0.3 is 5.32 Å². The van der Waals surface area contributed by atoms with Crippen LogP contribution < -0.4 is 5.32 Å². The summed E-state index contributed by atoms with van der Waals surface area (Å²) in [7, 11) is -1.54. The molecule has 1 atom stereocenters. The van der Waals surface area contributed by atoms with E-state index in [9.17, 15) is 8.42 Å². The van der Waals surface area contributed by atoms with E-state index in [0.29, 0.717) is 24.7 Å². The molecule has 6 nitrogen and oxygen atoms in total. The summed E-state index contributed by atoms with van der Waals surface area (Å²) in [6, 6.07) is 1.81. The van der Waals surface area contributed by atoms with E-state index in [0.717, 1.165) is 12.8 Å². The lowest BCUT2D eigenvalue weighted by molar-refractivity contribution is 0.291. The van der Waals surface area contributed by atoms with Crippen LogP contribution in [0.2, 0.25) is 0 Å². The number of nitrogens with zero attached hydrogens (tertiary/aromatic N) is 3. The Morgan fingerprint density at radius 2 is 2.26 bits per heavy atom. The van der Waals surface area contributed by atoms with Crippen LogP contribution in [0.25, 0.3) is 0 Å². The van der Waals surface area contributed by atoms with E-state index in [1.54, 1.807) is 10.4 Å². The van der Waals surface area contributed by atoms with Crippen LogP contribution in [0.1, 0.15) is 19.8 Å². The second-order valence-electron chi connectivity index (χ2n) is 4.48. The van der Waals surface area contributed by atoms with Gasteiger partial charge in [0, 0.05) is 25.7 Å². The van der Waals surface area contributed by atoms with Gasteiger partial charge in [0.2, 0.25) is 0 Å². The van der Waals surface area contributed by atoms with Crippen molar-refractivity contribution in [3.63, 3.8) is 0 Å². The normalized spacial score (nSPS) is 21.1. The number of halogens is 1. The molecule has 0 aliphatic carbocycles. The molecule has 1 aromatic rings. The lowest BCUT2D eigenvalue weighted by atomic mass is 10.1. The molecule has 19 heavy (non-hydrogen) atoms. The first-order chi connectivity index (χ1) is 8.59. The van der Waals surface area contributed by atoms with Gasteiger partial charge in [-0.2, -0.15) is 9.40 Å². The molecule has 1 saturated heterocycles. The van der Waals surface area contributed by atoms with Crippen molar-refractivity contribution in [3.05, 3.63) is 12.3 Å². The Labute approximate surface area is 120 Å². The highest BCUT2D eigenvalue weighted by atomic mass is 35.5. The highest BCUT2D eigenvalue weighted by molar-refractivity contribution is 7.89. The fraction of sp³-hybridized carbons (Fsp3) is 0.727. The van der Waals surface area contributed by atoms with Crippen molar-refractivity contribution in [2.45, 2.75) is 37.4 Å². The van der Waals surface area contributed by atoms with Gasteiger partial charge in [0.05, 0.1) is 6.20 Å². The molecule has 0 radical (unpaired) electrons. The van der Waals surface area contributed by atoms with E-state index in [1.807, 2.05) is 14.0 Å². The molecule has 8 heteroatoms. The molecule has 1 aliphatic heterocycles. The lowest BCUT2D eigenvalue weighted by Gasteiger charge is -2.31. The van der Waals surface area contributed by atoms with Gasteiger partial charge in [-0.15, -0.1) is 12.4 Å². The number of piperidine rings is 1. The number of nitrogens with one attached hydrogen (secondary N) is 1. The molecule has 1 N–H and O–H groups in total. The van der Waals surface area contributed by atoms with E-state index in [4.69, 9.17) is 0 Å². The minimum absolute atomic E-state index is 0. The number of rotatable bonds is 4. The van der Waals surface area contributed by atoms with Gasteiger partial charge in [-0.1, -0.05) is 0 Å². The third-order valence-corrected chi connectivity index (χ3v) is 5.26. The summed E-state index contributed by atoms with van der Waals surface area (Å²) >= 11 is 0. The van der Waals surface area contributed by atoms with Crippen LogP contribution in [0, 0.1) is 0 Å². The topological polar surface area (TPSA) is 67.2 Å². The van der Waals surface area contributed by atoms with Gasteiger partial charge in [0.1, 0.15) is 0 Å². The molecule has 0 spiro atoms. The minimum atomic E-state index is -3.41. The van der Waals surface area contributed by atoms with Gasteiger partial charge >= 0.3 is 0 Å². The summed E-state index contributed by atoms with van der Waals surface area (Å²) in [6.07, 6.45) is 3.45. The molecule has 1 aliphatic rings. The summed E-state index contributed by atoms with van der Waals surface area (Å²) in [5, 5.41) is 7.47. The molecule has 1 fully saturated rings. The Hall–Kier alpha value is -0.630. The predicted molar refractivity (Wildman–Crippen MR) is 76.0 cm³/mol. The molecule has 2 rings (SSSR count). The second-order valence-corrected chi connectivity index (χ2v) is 6.36. The van der Waals surface area contributed by atoms with Crippen LogP contribution in [-0.4, -0.2) is 48.7 Å². The van der Waals surface area contributed by atoms with Crippen molar-refractivity contribution >= 4 is 22.4 Å². The van der Waals surface area contributed by atoms with E-state index in [-0.39, 0.29) is 18.4 Å². The SMILES string of the molecule is CCn1nccc1S(=O)(=O)N1CCCC(NC)C1.Cl. The van der Waals surface area contributed by atoms with Crippen molar-refractivity contribution in [2.24, 2.45) is 0 Å². The molecule has 1 aromatic heterocycles. The first kappa shape index (κ1) is 16.4. The number of hydrogen-bond donors (Lipinski definition) is 1. The number of aryl methyl sites for hydroxylation is 1. The third kappa shape index (κ3) is 3.28. The first-order valence-electron chi connectivity index (χ1n) is 6.28. The monoisotopic (exact) mass is 308 g/mol. The third-order valence-electron chi connectivity index (χ3n) is 3.37. The van der Waals surface area contributed by atoms with E-state index < -0.39 is 10.0 Å². The molecular weight excluding hydrogens is 288 g/mol. The van der Waals surface area contributed by atoms with Gasteiger partial charge in [0.25, 0.3) is 10.0 Å². The van der Waals surface area contributed by atoms with Crippen LogP contribution in [0.15, 0.2) is 17.3 Å². The maximum Gasteiger partial charge on any atom is 0.260 e. The summed E-state index contributed by atoms with van der Waals surface area (Å²) < 4.78 is 28.1. The summed E-state index contributed by atoms with van der Waals surface area (Å²) in [4.78, 5) is 0. The number of likely N-dealkylation sites (N-methyl/N-ethyl adjacent to an activating group) is 1. The van der Waals surface area contributed by atoms with Gasteiger partial charge in [-0.05, 0) is 32.9 Å². The highest BCUT2D eigenvalue weighted by Gasteiger charge is 2.31. The van der Waals surface area contributed by atoms with Crippen LogP contribution in [0.4, 0.5) is 0 Å². The molecule has 2 heterocycles. The van der Waals surface area contributed by atoms with Gasteiger partial charge in [-0.25, -0.2) is 8.42 Å². The fourth-order valence-corrected chi connectivity index (χ4v) is 3.99. The van der Waals surface area contributed by atoms with Crippen molar-refractivity contribution < 1.29 is 8.42 Å². The summed E-state index contributed by atoms with van der Waals surface area (Å²) in [5.41, 5.74) is 0. The van der Waals surface area contributed by atoms with E-state index in [2.05, 4.69) is 10.4 Å². The smallest absolute Gasteiger partial charge is 0.260 e. The van der Waals surface area contributed by atoms with E-state index >= 15 is 0 Å². The molecule has 110 valence electrons. The maximum atomic E-state index is 12.5. The Balaban J connectivity index is 0.00000180. The van der Waals surface area contributed by atoms with Crippen LogP contribution in [-0.2, 0) is 16.6 Å². The molecule has 0 saturated carbocycles. The van der Waals surface area contributed by atoms with Crippen molar-refractivity contribution in [1.82, 2.24) is 19.4 Å². The van der Waals surface area contributed by atoms with Crippen molar-refractivity contribution in [2.75, 3.05) is 20.1 Å². The quantitative estimate of drug-likeness (QED) is 0.889. The molecule has 0 aromatic carbocycles. The zero-order valence-corrected chi connectivity index (χ0v) is 12.9. The minimum Gasteiger partial charge on any atom is -0.316 e. The van der Waals surface area contributed by atoms with E-state index in [1.165, 1.54) is 10.9 Å². The average molecular weight is 309 g/mol. The number of aromatic nitrogens is 2. The highest BCUT2D eigenvalue weighted by Crippen LogP contribution is 2.20. The maximum absolute atomic E-state index is 12.5. The number of hydrogen-bond acceptors (Lipinski definition) is 4. The lowest BCUT2D eigenvalue weighted by Crippen LogP contribution is -2.47. The zero-order chi connectivity index (χ0) is 13.2. The Bertz CT molecular complexity index is 503. The molecular formula is C11H21ClN4O2S. The van der Waals surface area contributed by atoms with Crippen molar-refractivity contribution in [1.29, 1.82) is 0 Å². The van der Waals surface area contributed by atoms with Gasteiger partial charge in [0.15, 0.2) is 5.03 Å². The molecule has 0 amide bonds. The summed E-state index contributed by atoms with van der Waals surface area (Å²) in [5.74, 6) is 0. The summed E-state index contributed by atoms with van der Waals surface area (Å²) in [6.45, 7) is 3.58. The Morgan fingerprint density at radius 1 is 1.53 bits per heavy atom.